The predicted molar refractivity (Wildman–Crippen MR) is 116 cm³/mol. The highest BCUT2D eigenvalue weighted by atomic mass is 79.9. The first-order chi connectivity index (χ1) is 14.1. The molecule has 0 spiro atoms. The van der Waals surface area contributed by atoms with Crippen LogP contribution in [0.4, 0.5) is 10.5 Å². The summed E-state index contributed by atoms with van der Waals surface area (Å²) in [5.74, 6) is 1.44. The van der Waals surface area contributed by atoms with Crippen molar-refractivity contribution >= 4 is 27.6 Å². The molecule has 0 bridgehead atoms. The van der Waals surface area contributed by atoms with Crippen molar-refractivity contribution in [2.45, 2.75) is 19.5 Å². The molecule has 4 rings (SSSR count). The summed E-state index contributed by atoms with van der Waals surface area (Å²) >= 11 is 3.42. The number of hydrogen-bond acceptors (Lipinski definition) is 3. The van der Waals surface area contributed by atoms with Gasteiger partial charge in [0.1, 0.15) is 0 Å². The van der Waals surface area contributed by atoms with Gasteiger partial charge < -0.3 is 19.7 Å². The number of amides is 2. The Balaban J connectivity index is 1.59. The van der Waals surface area contributed by atoms with Crippen molar-refractivity contribution in [3.8, 4) is 11.5 Å². The minimum Gasteiger partial charge on any atom is -0.454 e. The summed E-state index contributed by atoms with van der Waals surface area (Å²) in [4.78, 5) is 15.0. The minimum absolute atomic E-state index is 0.114. The molecule has 1 aliphatic rings. The monoisotopic (exact) mass is 452 g/mol. The standard InChI is InChI=1S/C23H21BrN2O3/c1-16(18-5-3-2-4-6-18)26(23(27)25-20-10-8-19(24)9-11-20)14-17-7-12-21-22(13-17)29-15-28-21/h2-13,16H,14-15H2,1H3,(H,25,27). The van der Waals surface area contributed by atoms with E-state index in [1.54, 1.807) is 0 Å². The molecular formula is C23H21BrN2O3. The molecule has 0 aromatic heterocycles. The van der Waals surface area contributed by atoms with Crippen LogP contribution in [0.2, 0.25) is 0 Å². The SMILES string of the molecule is CC(c1ccccc1)N(Cc1ccc2c(c1)OCO2)C(=O)Nc1ccc(Br)cc1. The van der Waals surface area contributed by atoms with Crippen LogP contribution in [0.25, 0.3) is 0 Å². The van der Waals surface area contributed by atoms with Crippen LogP contribution in [-0.2, 0) is 6.54 Å². The van der Waals surface area contributed by atoms with E-state index in [0.717, 1.165) is 27.0 Å². The van der Waals surface area contributed by atoms with Gasteiger partial charge in [0.25, 0.3) is 0 Å². The number of ether oxygens (including phenoxy) is 2. The smallest absolute Gasteiger partial charge is 0.322 e. The Hall–Kier alpha value is -2.99. The highest BCUT2D eigenvalue weighted by molar-refractivity contribution is 9.10. The summed E-state index contributed by atoms with van der Waals surface area (Å²) in [6.45, 7) is 2.70. The van der Waals surface area contributed by atoms with Gasteiger partial charge in [0.05, 0.1) is 6.04 Å². The lowest BCUT2D eigenvalue weighted by molar-refractivity contribution is 0.173. The van der Waals surface area contributed by atoms with Gasteiger partial charge in [-0.3, -0.25) is 0 Å². The molecule has 3 aromatic rings. The Labute approximate surface area is 178 Å². The molecule has 0 aliphatic carbocycles. The molecule has 2 amide bonds. The summed E-state index contributed by atoms with van der Waals surface area (Å²) < 4.78 is 11.8. The van der Waals surface area contributed by atoms with Crippen molar-refractivity contribution < 1.29 is 14.3 Å². The summed E-state index contributed by atoms with van der Waals surface area (Å²) in [7, 11) is 0. The highest BCUT2D eigenvalue weighted by Crippen LogP contribution is 2.33. The van der Waals surface area contributed by atoms with E-state index in [4.69, 9.17) is 9.47 Å². The molecule has 148 valence electrons. The average Bonchev–Trinajstić information content (AvgIpc) is 3.21. The van der Waals surface area contributed by atoms with E-state index in [2.05, 4.69) is 21.2 Å². The van der Waals surface area contributed by atoms with Crippen molar-refractivity contribution in [3.05, 3.63) is 88.4 Å². The number of benzene rings is 3. The second kappa shape index (κ2) is 8.57. The van der Waals surface area contributed by atoms with Crippen LogP contribution in [-0.4, -0.2) is 17.7 Å². The highest BCUT2D eigenvalue weighted by Gasteiger charge is 2.23. The summed E-state index contributed by atoms with van der Waals surface area (Å²) in [5.41, 5.74) is 2.79. The average molecular weight is 453 g/mol. The van der Waals surface area contributed by atoms with Crippen LogP contribution in [0, 0.1) is 0 Å². The number of nitrogens with one attached hydrogen (secondary N) is 1. The van der Waals surface area contributed by atoms with E-state index in [1.807, 2.05) is 84.6 Å². The number of hydrogen-bond donors (Lipinski definition) is 1. The van der Waals surface area contributed by atoms with Gasteiger partial charge in [0.15, 0.2) is 11.5 Å². The third-order valence-electron chi connectivity index (χ3n) is 4.90. The van der Waals surface area contributed by atoms with Crippen LogP contribution in [0.15, 0.2) is 77.3 Å². The fourth-order valence-corrected chi connectivity index (χ4v) is 3.52. The number of carbonyl (C=O) groups excluding carboxylic acids is 1. The van der Waals surface area contributed by atoms with Crippen LogP contribution in [0.3, 0.4) is 0 Å². The first-order valence-electron chi connectivity index (χ1n) is 9.37. The van der Waals surface area contributed by atoms with Crippen molar-refractivity contribution in [2.75, 3.05) is 12.1 Å². The molecule has 29 heavy (non-hydrogen) atoms. The second-order valence-corrected chi connectivity index (χ2v) is 7.75. The third-order valence-corrected chi connectivity index (χ3v) is 5.42. The van der Waals surface area contributed by atoms with E-state index < -0.39 is 0 Å². The fourth-order valence-electron chi connectivity index (χ4n) is 3.26. The lowest BCUT2D eigenvalue weighted by Crippen LogP contribution is -2.36. The molecule has 0 fully saturated rings. The molecule has 6 heteroatoms. The van der Waals surface area contributed by atoms with Gasteiger partial charge in [-0.05, 0) is 54.4 Å². The van der Waals surface area contributed by atoms with E-state index in [-0.39, 0.29) is 18.9 Å². The van der Waals surface area contributed by atoms with Gasteiger partial charge in [-0.2, -0.15) is 0 Å². The van der Waals surface area contributed by atoms with Gasteiger partial charge in [0, 0.05) is 16.7 Å². The molecule has 1 unspecified atom stereocenters. The molecule has 0 radical (unpaired) electrons. The summed E-state index contributed by atoms with van der Waals surface area (Å²) in [6.07, 6.45) is 0. The number of fused-ring (bicyclic) bond motifs is 1. The largest absolute Gasteiger partial charge is 0.454 e. The molecule has 5 nitrogen and oxygen atoms in total. The number of anilines is 1. The number of carbonyl (C=O) groups is 1. The Morgan fingerprint density at radius 2 is 1.76 bits per heavy atom. The van der Waals surface area contributed by atoms with Gasteiger partial charge in [0.2, 0.25) is 6.79 Å². The normalized spacial score (nSPS) is 13.0. The Morgan fingerprint density at radius 3 is 2.52 bits per heavy atom. The maximum absolute atomic E-state index is 13.2. The number of halogens is 1. The fraction of sp³-hybridized carbons (Fsp3) is 0.174. The van der Waals surface area contributed by atoms with Crippen molar-refractivity contribution in [1.82, 2.24) is 4.90 Å². The minimum atomic E-state index is -0.165. The molecule has 3 aromatic carbocycles. The van der Waals surface area contributed by atoms with Crippen molar-refractivity contribution in [1.29, 1.82) is 0 Å². The Morgan fingerprint density at radius 1 is 1.03 bits per heavy atom. The molecular weight excluding hydrogens is 432 g/mol. The quantitative estimate of drug-likeness (QED) is 0.518. The molecule has 0 saturated heterocycles. The van der Waals surface area contributed by atoms with Crippen LogP contribution < -0.4 is 14.8 Å². The van der Waals surface area contributed by atoms with E-state index in [9.17, 15) is 4.79 Å². The lowest BCUT2D eigenvalue weighted by Gasteiger charge is -2.30. The van der Waals surface area contributed by atoms with Gasteiger partial charge >= 0.3 is 6.03 Å². The van der Waals surface area contributed by atoms with Gasteiger partial charge in [-0.15, -0.1) is 0 Å². The Kier molecular flexibility index (Phi) is 5.71. The maximum atomic E-state index is 13.2. The molecule has 1 atom stereocenters. The molecule has 1 N–H and O–H groups in total. The number of nitrogens with zero attached hydrogens (tertiary/aromatic N) is 1. The topological polar surface area (TPSA) is 50.8 Å². The molecule has 1 heterocycles. The first kappa shape index (κ1) is 19.3. The second-order valence-electron chi connectivity index (χ2n) is 6.84. The summed E-state index contributed by atoms with van der Waals surface area (Å²) in [6, 6.07) is 23.0. The zero-order chi connectivity index (χ0) is 20.2. The first-order valence-corrected chi connectivity index (χ1v) is 10.2. The van der Waals surface area contributed by atoms with Crippen LogP contribution >= 0.6 is 15.9 Å². The zero-order valence-electron chi connectivity index (χ0n) is 16.0. The van der Waals surface area contributed by atoms with Crippen LogP contribution in [0.5, 0.6) is 11.5 Å². The lowest BCUT2D eigenvalue weighted by atomic mass is 10.1. The molecule has 0 saturated carbocycles. The van der Waals surface area contributed by atoms with Gasteiger partial charge in [-0.1, -0.05) is 52.3 Å². The van der Waals surface area contributed by atoms with Crippen LogP contribution in [0.1, 0.15) is 24.1 Å². The van der Waals surface area contributed by atoms with Gasteiger partial charge in [-0.25, -0.2) is 4.79 Å². The molecule has 1 aliphatic heterocycles. The Bertz CT molecular complexity index is 993. The maximum Gasteiger partial charge on any atom is 0.322 e. The van der Waals surface area contributed by atoms with E-state index >= 15 is 0 Å². The van der Waals surface area contributed by atoms with E-state index in [1.165, 1.54) is 0 Å². The third kappa shape index (κ3) is 4.54. The predicted octanol–water partition coefficient (Wildman–Crippen LogP) is 5.97. The van der Waals surface area contributed by atoms with Crippen molar-refractivity contribution in [2.24, 2.45) is 0 Å². The van der Waals surface area contributed by atoms with Crippen molar-refractivity contribution in [3.63, 3.8) is 0 Å². The van der Waals surface area contributed by atoms with E-state index in [0.29, 0.717) is 12.3 Å². The number of urea groups is 1. The zero-order valence-corrected chi connectivity index (χ0v) is 17.6. The summed E-state index contributed by atoms with van der Waals surface area (Å²) in [5, 5.41) is 3.00. The number of rotatable bonds is 5.